The summed E-state index contributed by atoms with van der Waals surface area (Å²) in [6.45, 7) is 42.9. The van der Waals surface area contributed by atoms with E-state index in [1.165, 1.54) is 50.1 Å². The van der Waals surface area contributed by atoms with Gasteiger partial charge in [-0.15, -0.1) is 0 Å². The molecule has 0 aliphatic heterocycles. The lowest BCUT2D eigenvalue weighted by Crippen LogP contribution is -2.47. The lowest BCUT2D eigenvalue weighted by molar-refractivity contribution is -0.136. The number of aryl methyl sites for hydroxylation is 6. The van der Waals surface area contributed by atoms with Crippen LogP contribution >= 0.6 is 0 Å². The van der Waals surface area contributed by atoms with Crippen LogP contribution in [0.25, 0.3) is 28.7 Å². The quantitative estimate of drug-likeness (QED) is 0.0516. The number of carboxylic acids is 1. The van der Waals surface area contributed by atoms with Crippen LogP contribution in [0, 0.1) is 38.5 Å². The van der Waals surface area contributed by atoms with Crippen molar-refractivity contribution in [1.82, 2.24) is 0 Å². The van der Waals surface area contributed by atoms with Gasteiger partial charge in [0.25, 0.3) is 0 Å². The minimum atomic E-state index is -1.86. The molecule has 4 aromatic carbocycles. The Morgan fingerprint density at radius 3 is 1.41 bits per heavy atom. The van der Waals surface area contributed by atoms with E-state index in [2.05, 4.69) is 204 Å². The monoisotopic (exact) mass is 1090 g/mol. The van der Waals surface area contributed by atoms with Crippen LogP contribution in [0.4, 0.5) is 0 Å². The summed E-state index contributed by atoms with van der Waals surface area (Å²) in [6.07, 6.45) is 11.0. The normalized spacial score (nSPS) is 13.6. The van der Waals surface area contributed by atoms with Gasteiger partial charge in [0.1, 0.15) is 29.5 Å². The number of benzene rings is 4. The number of aliphatic hydroxyl groups is 1. The zero-order chi connectivity index (χ0) is 58.9. The first kappa shape index (κ1) is 64.4. The minimum Gasteiger partial charge on any atom is -0.504 e. The molecule has 0 spiro atoms. The zero-order valence-corrected chi connectivity index (χ0v) is 53.3. The molecule has 0 aliphatic rings. The SMILES string of the molecule is CCC(CC)(c1ccc(CCC(O)C(C)(C)C)c(C)c1)c1ccc(-c2ccc(CC(=O)O)o2)c(C)c1.CCC(CC)(c1ccc(CCC(O[Si](C)(C)C(C)(C)C)C(C)(C)C)c(C)c1)c1ccc(-c2ccc(/C=C/OC)o2)c(C)c1. The van der Waals surface area contributed by atoms with Crippen LogP contribution in [0.15, 0.2) is 112 Å². The van der Waals surface area contributed by atoms with Gasteiger partial charge in [-0.25, -0.2) is 0 Å². The predicted octanol–water partition coefficient (Wildman–Crippen LogP) is 19.3. The molecule has 2 unspecified atom stereocenters. The maximum absolute atomic E-state index is 11.0. The highest BCUT2D eigenvalue weighted by molar-refractivity contribution is 6.74. The van der Waals surface area contributed by atoms with Gasteiger partial charge in [0.15, 0.2) is 8.32 Å². The van der Waals surface area contributed by atoms with Crippen LogP contribution < -0.4 is 0 Å². The molecule has 2 heterocycles. The summed E-state index contributed by atoms with van der Waals surface area (Å²) in [5, 5.41) is 19.7. The minimum absolute atomic E-state index is 0.0402. The smallest absolute Gasteiger partial charge is 0.311 e. The summed E-state index contributed by atoms with van der Waals surface area (Å²) in [5.41, 5.74) is 15.1. The zero-order valence-electron chi connectivity index (χ0n) is 52.3. The van der Waals surface area contributed by atoms with Crippen LogP contribution in [0.5, 0.6) is 0 Å². The number of rotatable bonds is 22. The van der Waals surface area contributed by atoms with E-state index in [1.807, 2.05) is 24.3 Å². The van der Waals surface area contributed by atoms with Gasteiger partial charge in [-0.05, 0) is 188 Å². The summed E-state index contributed by atoms with van der Waals surface area (Å²) in [4.78, 5) is 11.0. The van der Waals surface area contributed by atoms with E-state index in [0.717, 1.165) is 79.6 Å². The molecule has 0 aliphatic carbocycles. The Morgan fingerprint density at radius 2 is 1.01 bits per heavy atom. The number of methoxy groups -OCH3 is 1. The Morgan fingerprint density at radius 1 is 0.582 bits per heavy atom. The number of carbonyl (C=O) groups is 1. The lowest BCUT2D eigenvalue weighted by Gasteiger charge is -2.43. The molecular formula is C71H100O7Si. The summed E-state index contributed by atoms with van der Waals surface area (Å²) >= 11 is 0. The van der Waals surface area contributed by atoms with E-state index in [1.54, 1.807) is 19.4 Å². The van der Waals surface area contributed by atoms with Crippen molar-refractivity contribution >= 4 is 20.4 Å². The van der Waals surface area contributed by atoms with Crippen molar-refractivity contribution in [2.75, 3.05) is 7.11 Å². The molecule has 2 atom stereocenters. The second kappa shape index (κ2) is 26.5. The number of furan rings is 2. The van der Waals surface area contributed by atoms with Gasteiger partial charge in [-0.3, -0.25) is 4.79 Å². The third-order valence-corrected chi connectivity index (χ3v) is 22.3. The molecule has 0 radical (unpaired) electrons. The second-order valence-electron chi connectivity index (χ2n) is 26.2. The van der Waals surface area contributed by atoms with Gasteiger partial charge >= 0.3 is 5.97 Å². The molecule has 0 saturated carbocycles. The van der Waals surface area contributed by atoms with E-state index in [4.69, 9.17) is 23.1 Å². The highest BCUT2D eigenvalue weighted by Crippen LogP contribution is 2.45. The van der Waals surface area contributed by atoms with Crippen molar-refractivity contribution in [3.63, 3.8) is 0 Å². The van der Waals surface area contributed by atoms with E-state index in [9.17, 15) is 9.90 Å². The Labute approximate surface area is 478 Å². The first-order valence-electron chi connectivity index (χ1n) is 29.3. The third-order valence-electron chi connectivity index (χ3n) is 17.8. The van der Waals surface area contributed by atoms with Crippen molar-refractivity contribution in [3.05, 3.63) is 170 Å². The predicted molar refractivity (Wildman–Crippen MR) is 334 cm³/mol. The van der Waals surface area contributed by atoms with Gasteiger partial charge in [0.05, 0.1) is 25.6 Å². The molecule has 2 N–H and O–H groups in total. The number of hydrogen-bond acceptors (Lipinski definition) is 6. The standard InChI is InChI=1S/C39H58O3Si.C32H42O4/c1-14-39(15-2,32-19-21-34(29(4)27-32)35-22-20-33(41-35)24-25-40-11)31-18-16-30(28(3)26-31)17-23-36(37(5,6)7)42-43(12,13)38(8,9)10;1-8-32(9-2,24-12-10-23(21(3)18-24)11-17-29(33)31(5,6)7)25-13-15-27(22(4)19-25)28-16-14-26(36-28)20-30(34)35/h16,18-22,24-27,36H,14-15,17,23H2,1-13H3;10,12-16,18-19,29,33H,8-9,11,17,20H2,1-7H3,(H,34,35)/b25-24+;. The van der Waals surface area contributed by atoms with Crippen molar-refractivity contribution < 1.29 is 33.0 Å². The summed E-state index contributed by atoms with van der Waals surface area (Å²) < 4.78 is 23.9. The second-order valence-corrected chi connectivity index (χ2v) is 30.9. The Balaban J connectivity index is 0.000000295. The van der Waals surface area contributed by atoms with Gasteiger partial charge in [-0.2, -0.15) is 0 Å². The fraction of sp³-hybridized carbons (Fsp3) is 0.507. The number of carboxylic acid groups (broad SMARTS) is 1. The molecule has 0 bridgehead atoms. The van der Waals surface area contributed by atoms with Gasteiger partial charge in [0.2, 0.25) is 0 Å². The summed E-state index contributed by atoms with van der Waals surface area (Å²) in [7, 11) is -0.220. The van der Waals surface area contributed by atoms with E-state index in [0.29, 0.717) is 11.5 Å². The largest absolute Gasteiger partial charge is 0.504 e. The molecule has 0 amide bonds. The fourth-order valence-electron chi connectivity index (χ4n) is 11.2. The third kappa shape index (κ3) is 15.5. The maximum atomic E-state index is 11.0. The molecule has 6 aromatic rings. The van der Waals surface area contributed by atoms with Crippen LogP contribution in [-0.4, -0.2) is 43.8 Å². The van der Waals surface area contributed by atoms with Gasteiger partial charge < -0.3 is 28.2 Å². The number of aliphatic hydroxyl groups excluding tert-OH is 1. The summed E-state index contributed by atoms with van der Waals surface area (Å²) in [5.74, 6) is 1.93. The van der Waals surface area contributed by atoms with Crippen LogP contribution in [0.3, 0.4) is 0 Å². The highest BCUT2D eigenvalue weighted by atomic mass is 28.4. The fourth-order valence-corrected chi connectivity index (χ4v) is 12.7. The number of hydrogen-bond donors (Lipinski definition) is 2. The van der Waals surface area contributed by atoms with Crippen LogP contribution in [0.1, 0.15) is 196 Å². The van der Waals surface area contributed by atoms with Crippen LogP contribution in [0.2, 0.25) is 18.1 Å². The van der Waals surface area contributed by atoms with Crippen molar-refractivity contribution in [1.29, 1.82) is 0 Å². The van der Waals surface area contributed by atoms with E-state index < -0.39 is 14.3 Å². The molecule has 0 fully saturated rings. The molecule has 8 heteroatoms. The van der Waals surface area contributed by atoms with Crippen molar-refractivity contribution in [2.45, 2.75) is 217 Å². The average molecular weight is 1090 g/mol. The van der Waals surface area contributed by atoms with Crippen molar-refractivity contribution in [3.8, 4) is 22.6 Å². The molecule has 7 nitrogen and oxygen atoms in total. The molecule has 0 saturated heterocycles. The Hall–Kier alpha value is -5.41. The lowest BCUT2D eigenvalue weighted by atomic mass is 9.69. The van der Waals surface area contributed by atoms with Gasteiger partial charge in [0, 0.05) is 28.0 Å². The number of aliphatic carboxylic acids is 1. The first-order valence-corrected chi connectivity index (χ1v) is 32.2. The summed E-state index contributed by atoms with van der Waals surface area (Å²) in [6, 6.07) is 35.1. The Kier molecular flexibility index (Phi) is 21.6. The van der Waals surface area contributed by atoms with Gasteiger partial charge in [-0.1, -0.05) is 163 Å². The molecule has 79 heavy (non-hydrogen) atoms. The van der Waals surface area contributed by atoms with Crippen molar-refractivity contribution in [2.24, 2.45) is 10.8 Å². The maximum Gasteiger partial charge on any atom is 0.311 e. The van der Waals surface area contributed by atoms with E-state index in [-0.39, 0.29) is 45.3 Å². The average Bonchev–Trinajstić information content (AvgIpc) is 4.05. The highest BCUT2D eigenvalue weighted by Gasteiger charge is 2.42. The molecule has 6 rings (SSSR count). The molecule has 2 aromatic heterocycles. The topological polar surface area (TPSA) is 102 Å². The number of ether oxygens (including phenoxy) is 1. The Bertz CT molecular complexity index is 2970. The van der Waals surface area contributed by atoms with Crippen LogP contribution in [-0.2, 0) is 44.0 Å². The molecular weight excluding hydrogens is 993 g/mol. The first-order chi connectivity index (χ1) is 36.9. The van der Waals surface area contributed by atoms with E-state index >= 15 is 0 Å². The molecule has 430 valence electrons.